The van der Waals surface area contributed by atoms with Crippen LogP contribution in [0, 0.1) is 0 Å². The summed E-state index contributed by atoms with van der Waals surface area (Å²) in [6.07, 6.45) is 2.46. The van der Waals surface area contributed by atoms with Crippen LogP contribution < -0.4 is 0 Å². The zero-order valence-corrected chi connectivity index (χ0v) is 13.4. The Morgan fingerprint density at radius 1 is 1.06 bits per heavy atom. The quantitative estimate of drug-likeness (QED) is 0.602. The monoisotopic (exact) mass is 241 g/mol. The molecular formula is C14H31NSi. The molecule has 0 saturated heterocycles. The van der Waals surface area contributed by atoms with Crippen molar-refractivity contribution >= 4 is 8.07 Å². The molecule has 0 aliphatic carbocycles. The Hall–Kier alpha value is -0.0831. The van der Waals surface area contributed by atoms with Crippen molar-refractivity contribution in [1.82, 2.24) is 4.90 Å². The van der Waals surface area contributed by atoms with Gasteiger partial charge in [-0.05, 0) is 26.7 Å². The molecular weight excluding hydrogens is 210 g/mol. The minimum atomic E-state index is -1.31. The summed E-state index contributed by atoms with van der Waals surface area (Å²) in [4.78, 5) is 2.72. The van der Waals surface area contributed by atoms with E-state index >= 15 is 0 Å². The van der Waals surface area contributed by atoms with E-state index in [2.05, 4.69) is 64.9 Å². The number of hydrogen-bond donors (Lipinski definition) is 0. The lowest BCUT2D eigenvalue weighted by molar-refractivity contribution is 0.131. The highest BCUT2D eigenvalue weighted by Gasteiger charge is 2.33. The Bertz CT molecular complexity index is 203. The van der Waals surface area contributed by atoms with Gasteiger partial charge in [0.1, 0.15) is 0 Å². The molecule has 0 aromatic heterocycles. The first-order valence-corrected chi connectivity index (χ1v) is 9.88. The fourth-order valence-electron chi connectivity index (χ4n) is 2.17. The summed E-state index contributed by atoms with van der Waals surface area (Å²) in [7, 11) is -1.31. The van der Waals surface area contributed by atoms with Crippen LogP contribution in [0.25, 0.3) is 0 Å². The largest absolute Gasteiger partial charge is 0.298 e. The first-order valence-electron chi connectivity index (χ1n) is 6.72. The zero-order valence-electron chi connectivity index (χ0n) is 12.4. The van der Waals surface area contributed by atoms with E-state index < -0.39 is 8.07 Å². The summed E-state index contributed by atoms with van der Waals surface area (Å²) in [6.45, 7) is 20.6. The van der Waals surface area contributed by atoms with Gasteiger partial charge in [0, 0.05) is 17.7 Å². The van der Waals surface area contributed by atoms with Crippen molar-refractivity contribution in [2.45, 2.75) is 78.3 Å². The summed E-state index contributed by atoms with van der Waals surface area (Å²) < 4.78 is 0. The maximum atomic E-state index is 4.04. The van der Waals surface area contributed by atoms with Crippen LogP contribution in [-0.4, -0.2) is 30.7 Å². The molecule has 0 aliphatic heterocycles. The first kappa shape index (κ1) is 15.9. The Morgan fingerprint density at radius 3 is 1.69 bits per heavy atom. The van der Waals surface area contributed by atoms with Gasteiger partial charge in [0.2, 0.25) is 0 Å². The van der Waals surface area contributed by atoms with Crippen molar-refractivity contribution in [1.29, 1.82) is 0 Å². The van der Waals surface area contributed by atoms with E-state index in [1.807, 2.05) is 0 Å². The van der Waals surface area contributed by atoms with Crippen LogP contribution in [0.4, 0.5) is 0 Å². The highest BCUT2D eigenvalue weighted by Crippen LogP contribution is 2.23. The number of nitrogens with zero attached hydrogens (tertiary/aromatic N) is 1. The Balaban J connectivity index is 4.96. The van der Waals surface area contributed by atoms with Crippen molar-refractivity contribution in [2.75, 3.05) is 0 Å². The second-order valence-electron chi connectivity index (χ2n) is 5.66. The van der Waals surface area contributed by atoms with Gasteiger partial charge in [0.25, 0.3) is 0 Å². The average Bonchev–Trinajstić information content (AvgIpc) is 2.28. The third-order valence-electron chi connectivity index (χ3n) is 4.25. The molecule has 3 atom stereocenters. The number of hydrogen-bond acceptors (Lipinski definition) is 1. The second kappa shape index (κ2) is 6.60. The van der Waals surface area contributed by atoms with Crippen molar-refractivity contribution in [3.63, 3.8) is 0 Å². The SMILES string of the molecule is C=C[Si](C)(C)C(C)N(C(C)CC)C(C)CC. The van der Waals surface area contributed by atoms with Crippen LogP contribution in [-0.2, 0) is 0 Å². The van der Waals surface area contributed by atoms with Gasteiger partial charge in [-0.3, -0.25) is 4.90 Å². The molecule has 0 aromatic rings. The Morgan fingerprint density at radius 2 is 1.44 bits per heavy atom. The van der Waals surface area contributed by atoms with Crippen molar-refractivity contribution in [2.24, 2.45) is 0 Å². The third-order valence-corrected chi connectivity index (χ3v) is 7.75. The van der Waals surface area contributed by atoms with Crippen LogP contribution in [0.5, 0.6) is 0 Å². The molecule has 16 heavy (non-hydrogen) atoms. The normalized spacial score (nSPS) is 18.2. The van der Waals surface area contributed by atoms with Crippen LogP contribution >= 0.6 is 0 Å². The zero-order chi connectivity index (χ0) is 12.9. The summed E-state index contributed by atoms with van der Waals surface area (Å²) >= 11 is 0. The van der Waals surface area contributed by atoms with Gasteiger partial charge in [-0.1, -0.05) is 33.9 Å². The predicted molar refractivity (Wildman–Crippen MR) is 78.5 cm³/mol. The fourth-order valence-corrected chi connectivity index (χ4v) is 3.79. The van der Waals surface area contributed by atoms with Gasteiger partial charge in [-0.25, -0.2) is 0 Å². The average molecular weight is 241 g/mol. The van der Waals surface area contributed by atoms with Crippen molar-refractivity contribution in [3.8, 4) is 0 Å². The Labute approximate surface area is 104 Å². The molecule has 1 nitrogen and oxygen atoms in total. The van der Waals surface area contributed by atoms with Crippen LogP contribution in [0.2, 0.25) is 13.1 Å². The van der Waals surface area contributed by atoms with E-state index in [0.29, 0.717) is 17.7 Å². The van der Waals surface area contributed by atoms with E-state index in [9.17, 15) is 0 Å². The van der Waals surface area contributed by atoms with Crippen LogP contribution in [0.1, 0.15) is 47.5 Å². The topological polar surface area (TPSA) is 3.24 Å². The van der Waals surface area contributed by atoms with E-state index in [-0.39, 0.29) is 0 Å². The van der Waals surface area contributed by atoms with Gasteiger partial charge < -0.3 is 0 Å². The summed E-state index contributed by atoms with van der Waals surface area (Å²) in [5.41, 5.74) is 2.91. The third kappa shape index (κ3) is 3.74. The molecule has 0 spiro atoms. The molecule has 2 heteroatoms. The lowest BCUT2D eigenvalue weighted by atomic mass is 10.1. The highest BCUT2D eigenvalue weighted by molar-refractivity contribution is 6.83. The molecule has 0 saturated carbocycles. The standard InChI is InChI=1S/C14H31NSi/c1-9-12(4)15(13(5)10-2)14(6)16(7,8)11-3/h11-14H,3,9-10H2,1-2,4-8H3. The summed E-state index contributed by atoms with van der Waals surface area (Å²) in [5, 5.41) is 0. The fraction of sp³-hybridized carbons (Fsp3) is 0.857. The maximum Gasteiger partial charge on any atom is 0.0890 e. The van der Waals surface area contributed by atoms with E-state index in [0.717, 1.165) is 0 Å². The number of rotatable bonds is 7. The minimum absolute atomic E-state index is 0.676. The van der Waals surface area contributed by atoms with E-state index in [1.54, 1.807) is 0 Å². The van der Waals surface area contributed by atoms with Gasteiger partial charge in [-0.2, -0.15) is 0 Å². The molecule has 0 aromatic carbocycles. The molecule has 0 radical (unpaired) electrons. The summed E-state index contributed by atoms with van der Waals surface area (Å²) in [5.74, 6) is 0. The van der Waals surface area contributed by atoms with E-state index in [4.69, 9.17) is 0 Å². The molecule has 0 amide bonds. The smallest absolute Gasteiger partial charge is 0.0890 e. The lowest BCUT2D eigenvalue weighted by Gasteiger charge is -2.44. The first-order chi connectivity index (χ1) is 7.31. The molecule has 0 aliphatic rings. The highest BCUT2D eigenvalue weighted by atomic mass is 28.3. The van der Waals surface area contributed by atoms with Crippen molar-refractivity contribution < 1.29 is 0 Å². The molecule has 0 heterocycles. The second-order valence-corrected chi connectivity index (χ2v) is 10.5. The predicted octanol–water partition coefficient (Wildman–Crippen LogP) is 4.25. The molecule has 0 N–H and O–H groups in total. The molecule has 0 bridgehead atoms. The molecule has 3 unspecified atom stereocenters. The molecule has 0 rings (SSSR count). The van der Waals surface area contributed by atoms with E-state index in [1.165, 1.54) is 12.8 Å². The van der Waals surface area contributed by atoms with Gasteiger partial charge >= 0.3 is 0 Å². The summed E-state index contributed by atoms with van der Waals surface area (Å²) in [6, 6.07) is 1.35. The maximum absolute atomic E-state index is 4.04. The van der Waals surface area contributed by atoms with Crippen molar-refractivity contribution in [3.05, 3.63) is 12.3 Å². The minimum Gasteiger partial charge on any atom is -0.298 e. The van der Waals surface area contributed by atoms with Gasteiger partial charge in [-0.15, -0.1) is 12.3 Å². The Kier molecular flexibility index (Phi) is 6.57. The van der Waals surface area contributed by atoms with Crippen LogP contribution in [0.3, 0.4) is 0 Å². The lowest BCUT2D eigenvalue weighted by Crippen LogP contribution is -2.56. The molecule has 0 fully saturated rings. The molecule has 96 valence electrons. The van der Waals surface area contributed by atoms with Crippen LogP contribution in [0.15, 0.2) is 12.3 Å². The van der Waals surface area contributed by atoms with Gasteiger partial charge in [0.05, 0.1) is 8.07 Å². The van der Waals surface area contributed by atoms with Gasteiger partial charge in [0.15, 0.2) is 0 Å².